The molecule has 17 heavy (non-hydrogen) atoms. The van der Waals surface area contributed by atoms with Crippen molar-refractivity contribution < 1.29 is 9.84 Å². The first-order chi connectivity index (χ1) is 8.12. The maximum atomic E-state index is 10.3. The monoisotopic (exact) mass is 236 g/mol. The second-order valence-corrected chi connectivity index (χ2v) is 4.23. The van der Waals surface area contributed by atoms with Gasteiger partial charge in [-0.2, -0.15) is 0 Å². The van der Waals surface area contributed by atoms with E-state index in [1.54, 1.807) is 0 Å². The normalized spacial score (nSPS) is 10.6. The third-order valence-electron chi connectivity index (χ3n) is 3.36. The number of ether oxygens (including phenoxy) is 1. The number of rotatable bonds is 5. The highest BCUT2D eigenvalue weighted by molar-refractivity contribution is 5.58. The van der Waals surface area contributed by atoms with Gasteiger partial charge >= 0.3 is 0 Å². The fourth-order valence-corrected chi connectivity index (χ4v) is 2.50. The lowest BCUT2D eigenvalue weighted by Gasteiger charge is -2.21. The number of phenols is 1. The van der Waals surface area contributed by atoms with Crippen molar-refractivity contribution >= 4 is 0 Å². The molecule has 0 fully saturated rings. The van der Waals surface area contributed by atoms with Crippen molar-refractivity contribution in [2.24, 2.45) is 0 Å². The molecule has 0 aliphatic heterocycles. The van der Waals surface area contributed by atoms with E-state index in [1.165, 1.54) is 5.56 Å². The summed E-state index contributed by atoms with van der Waals surface area (Å²) in [5.74, 6) is 1.47. The van der Waals surface area contributed by atoms with Crippen molar-refractivity contribution in [1.29, 1.82) is 0 Å². The summed E-state index contributed by atoms with van der Waals surface area (Å²) in [7, 11) is 0. The van der Waals surface area contributed by atoms with Crippen molar-refractivity contribution in [2.75, 3.05) is 6.61 Å². The molecule has 0 atom stereocenters. The smallest absolute Gasteiger partial charge is 0.126 e. The highest BCUT2D eigenvalue weighted by atomic mass is 16.5. The van der Waals surface area contributed by atoms with Gasteiger partial charge < -0.3 is 9.84 Å². The molecule has 0 unspecified atom stereocenters. The Labute approximate surface area is 105 Å². The van der Waals surface area contributed by atoms with Crippen LogP contribution in [-0.2, 0) is 19.3 Å². The molecule has 0 radical (unpaired) electrons. The van der Waals surface area contributed by atoms with Gasteiger partial charge in [0.15, 0.2) is 0 Å². The molecule has 0 spiro atoms. The molecule has 2 nitrogen and oxygen atoms in total. The van der Waals surface area contributed by atoms with E-state index in [0.29, 0.717) is 12.4 Å². The number of aromatic hydroxyl groups is 1. The average Bonchev–Trinajstić information content (AvgIpc) is 2.33. The molecule has 1 aromatic rings. The first kappa shape index (κ1) is 13.9. The van der Waals surface area contributed by atoms with E-state index in [-0.39, 0.29) is 0 Å². The van der Waals surface area contributed by atoms with E-state index in [4.69, 9.17) is 4.74 Å². The molecule has 0 aliphatic rings. The van der Waals surface area contributed by atoms with Crippen LogP contribution in [0.25, 0.3) is 0 Å². The number of hydrogen-bond acceptors (Lipinski definition) is 2. The van der Waals surface area contributed by atoms with Gasteiger partial charge in [0, 0.05) is 16.7 Å². The Morgan fingerprint density at radius 2 is 1.41 bits per heavy atom. The van der Waals surface area contributed by atoms with Gasteiger partial charge in [0.25, 0.3) is 0 Å². The molecule has 0 heterocycles. The maximum absolute atomic E-state index is 10.3. The zero-order chi connectivity index (χ0) is 13.0. The molecule has 0 aliphatic carbocycles. The lowest BCUT2D eigenvalue weighted by atomic mass is 9.92. The van der Waals surface area contributed by atoms with Gasteiger partial charge in [-0.1, -0.05) is 20.8 Å². The third kappa shape index (κ3) is 2.41. The molecule has 0 bridgehead atoms. The Kier molecular flexibility index (Phi) is 4.86. The topological polar surface area (TPSA) is 29.5 Å². The van der Waals surface area contributed by atoms with E-state index in [9.17, 15) is 5.11 Å². The molecule has 0 saturated carbocycles. The first-order valence-corrected chi connectivity index (χ1v) is 6.61. The Morgan fingerprint density at radius 3 is 1.82 bits per heavy atom. The Bertz CT molecular complexity index is 395. The molecule has 2 heteroatoms. The zero-order valence-electron chi connectivity index (χ0n) is 11.7. The summed E-state index contributed by atoms with van der Waals surface area (Å²) in [6.45, 7) is 11.0. The van der Waals surface area contributed by atoms with Crippen molar-refractivity contribution in [3.8, 4) is 11.5 Å². The van der Waals surface area contributed by atoms with E-state index in [0.717, 1.165) is 41.7 Å². The van der Waals surface area contributed by atoms with E-state index in [2.05, 4.69) is 20.8 Å². The molecule has 1 N–H and O–H groups in total. The van der Waals surface area contributed by atoms with Crippen LogP contribution in [0.5, 0.6) is 11.5 Å². The minimum atomic E-state index is 0.463. The van der Waals surface area contributed by atoms with E-state index in [1.807, 2.05) is 13.8 Å². The molecular formula is C15H24O2. The van der Waals surface area contributed by atoms with Gasteiger partial charge in [-0.15, -0.1) is 0 Å². The largest absolute Gasteiger partial charge is 0.507 e. The van der Waals surface area contributed by atoms with Crippen molar-refractivity contribution in [3.05, 3.63) is 22.3 Å². The van der Waals surface area contributed by atoms with Gasteiger partial charge in [0.05, 0.1) is 6.61 Å². The summed E-state index contributed by atoms with van der Waals surface area (Å²) in [4.78, 5) is 0. The summed E-state index contributed by atoms with van der Waals surface area (Å²) < 4.78 is 5.82. The summed E-state index contributed by atoms with van der Waals surface area (Å²) in [5.41, 5.74) is 4.35. The predicted octanol–water partition coefficient (Wildman–Crippen LogP) is 3.79. The van der Waals surface area contributed by atoms with Gasteiger partial charge in [-0.25, -0.2) is 0 Å². The fraction of sp³-hybridized carbons (Fsp3) is 0.600. The second kappa shape index (κ2) is 5.95. The van der Waals surface area contributed by atoms with E-state index >= 15 is 0 Å². The molecular weight excluding hydrogens is 212 g/mol. The SMILES string of the molecule is CCOc1c(CC)c(C)c(O)c(CC)c1CC. The van der Waals surface area contributed by atoms with Crippen LogP contribution in [0.3, 0.4) is 0 Å². The number of hydrogen-bond donors (Lipinski definition) is 1. The Hall–Kier alpha value is -1.18. The van der Waals surface area contributed by atoms with Gasteiger partial charge in [0.1, 0.15) is 11.5 Å². The van der Waals surface area contributed by atoms with Gasteiger partial charge in [0.2, 0.25) is 0 Å². The molecule has 0 saturated heterocycles. The quantitative estimate of drug-likeness (QED) is 0.843. The van der Waals surface area contributed by atoms with Crippen molar-refractivity contribution in [1.82, 2.24) is 0 Å². The highest BCUT2D eigenvalue weighted by Crippen LogP contribution is 2.38. The summed E-state index contributed by atoms with van der Waals surface area (Å²) >= 11 is 0. The molecule has 96 valence electrons. The minimum Gasteiger partial charge on any atom is -0.507 e. The van der Waals surface area contributed by atoms with Crippen LogP contribution in [0.4, 0.5) is 0 Å². The molecule has 1 aromatic carbocycles. The number of benzene rings is 1. The molecule has 1 rings (SSSR count). The maximum Gasteiger partial charge on any atom is 0.126 e. The van der Waals surface area contributed by atoms with Gasteiger partial charge in [-0.05, 0) is 38.7 Å². The van der Waals surface area contributed by atoms with Crippen LogP contribution in [0.15, 0.2) is 0 Å². The average molecular weight is 236 g/mol. The lowest BCUT2D eigenvalue weighted by molar-refractivity contribution is 0.331. The predicted molar refractivity (Wildman–Crippen MR) is 72.1 cm³/mol. The lowest BCUT2D eigenvalue weighted by Crippen LogP contribution is -2.06. The fourth-order valence-electron chi connectivity index (χ4n) is 2.50. The summed E-state index contributed by atoms with van der Waals surface area (Å²) in [6, 6.07) is 0. The molecule has 0 amide bonds. The van der Waals surface area contributed by atoms with Gasteiger partial charge in [-0.3, -0.25) is 0 Å². The van der Waals surface area contributed by atoms with Crippen LogP contribution in [0, 0.1) is 6.92 Å². The van der Waals surface area contributed by atoms with Crippen molar-refractivity contribution in [2.45, 2.75) is 53.9 Å². The molecule has 0 aromatic heterocycles. The third-order valence-corrected chi connectivity index (χ3v) is 3.36. The zero-order valence-corrected chi connectivity index (χ0v) is 11.7. The van der Waals surface area contributed by atoms with Crippen LogP contribution < -0.4 is 4.74 Å². The van der Waals surface area contributed by atoms with Crippen LogP contribution >= 0.6 is 0 Å². The van der Waals surface area contributed by atoms with Crippen LogP contribution in [0.2, 0.25) is 0 Å². The van der Waals surface area contributed by atoms with E-state index < -0.39 is 0 Å². The summed E-state index contributed by atoms with van der Waals surface area (Å²) in [5, 5.41) is 10.3. The Balaban J connectivity index is 3.57. The minimum absolute atomic E-state index is 0.463. The number of phenolic OH excluding ortho intramolecular Hbond substituents is 1. The second-order valence-electron chi connectivity index (χ2n) is 4.23. The Morgan fingerprint density at radius 1 is 0.882 bits per heavy atom. The standard InChI is InChI=1S/C15H24O2/c1-6-11-10(5)14(16)12(7-2)13(8-3)15(11)17-9-4/h16H,6-9H2,1-5H3. The summed E-state index contributed by atoms with van der Waals surface area (Å²) in [6.07, 6.45) is 2.64. The van der Waals surface area contributed by atoms with Crippen LogP contribution in [-0.4, -0.2) is 11.7 Å². The highest BCUT2D eigenvalue weighted by Gasteiger charge is 2.19. The first-order valence-electron chi connectivity index (χ1n) is 6.61. The van der Waals surface area contributed by atoms with Crippen LogP contribution in [0.1, 0.15) is 49.9 Å². The van der Waals surface area contributed by atoms with Crippen molar-refractivity contribution in [3.63, 3.8) is 0 Å².